The summed E-state index contributed by atoms with van der Waals surface area (Å²) in [5.41, 5.74) is 1.87. The van der Waals surface area contributed by atoms with Gasteiger partial charge in [-0.05, 0) is 24.1 Å². The van der Waals surface area contributed by atoms with Crippen molar-refractivity contribution >= 4 is 5.91 Å². The Kier molecular flexibility index (Phi) is 3.37. The minimum absolute atomic E-state index is 0.0864. The van der Waals surface area contributed by atoms with Gasteiger partial charge in [-0.15, -0.1) is 0 Å². The molecule has 0 aliphatic carbocycles. The molecule has 1 saturated heterocycles. The predicted molar refractivity (Wildman–Crippen MR) is 75.1 cm³/mol. The van der Waals surface area contributed by atoms with Crippen molar-refractivity contribution in [1.82, 2.24) is 9.88 Å². The maximum absolute atomic E-state index is 12.3. The molecule has 0 radical (unpaired) electrons. The smallest absolute Gasteiger partial charge is 0.229 e. The Morgan fingerprint density at radius 1 is 1.25 bits per heavy atom. The molecule has 1 aliphatic heterocycles. The normalized spacial score (nSPS) is 17.6. The van der Waals surface area contributed by atoms with Crippen LogP contribution in [-0.4, -0.2) is 27.4 Å². The number of rotatable bonds is 3. The first-order chi connectivity index (χ1) is 9.74. The van der Waals surface area contributed by atoms with Gasteiger partial charge in [-0.3, -0.25) is 9.78 Å². The van der Waals surface area contributed by atoms with Gasteiger partial charge in [-0.25, -0.2) is 0 Å². The molecule has 1 amide bonds. The second-order valence-corrected chi connectivity index (χ2v) is 4.99. The summed E-state index contributed by atoms with van der Waals surface area (Å²) in [6, 6.07) is 13.5. The number of aromatic hydroxyl groups is 1. The number of benzene rings is 1. The SMILES string of the molecule is O=C(Cc1ccc(O)cn1)N1CCC1c1ccccc1. The molecular weight excluding hydrogens is 252 g/mol. The quantitative estimate of drug-likeness (QED) is 0.929. The number of hydrogen-bond acceptors (Lipinski definition) is 3. The summed E-state index contributed by atoms with van der Waals surface area (Å²) in [6.45, 7) is 0.802. The fourth-order valence-electron chi connectivity index (χ4n) is 2.49. The van der Waals surface area contributed by atoms with Gasteiger partial charge in [0, 0.05) is 12.2 Å². The van der Waals surface area contributed by atoms with Crippen molar-refractivity contribution in [3.05, 3.63) is 59.9 Å². The molecule has 1 atom stereocenters. The first kappa shape index (κ1) is 12.7. The summed E-state index contributed by atoms with van der Waals surface area (Å²) in [5.74, 6) is 0.204. The number of carbonyl (C=O) groups excluding carboxylic acids is 1. The number of nitrogens with zero attached hydrogens (tertiary/aromatic N) is 2. The molecule has 0 bridgehead atoms. The van der Waals surface area contributed by atoms with Crippen LogP contribution in [-0.2, 0) is 11.2 Å². The highest BCUT2D eigenvalue weighted by Crippen LogP contribution is 2.33. The van der Waals surface area contributed by atoms with Crippen molar-refractivity contribution in [1.29, 1.82) is 0 Å². The molecule has 1 aromatic carbocycles. The molecule has 4 heteroatoms. The summed E-state index contributed by atoms with van der Waals surface area (Å²) < 4.78 is 0. The van der Waals surface area contributed by atoms with E-state index in [1.807, 2.05) is 23.1 Å². The fourth-order valence-corrected chi connectivity index (χ4v) is 2.49. The Labute approximate surface area is 117 Å². The molecule has 2 heterocycles. The van der Waals surface area contributed by atoms with Gasteiger partial charge in [-0.1, -0.05) is 30.3 Å². The molecule has 3 rings (SSSR count). The van der Waals surface area contributed by atoms with Crippen LogP contribution in [0.4, 0.5) is 0 Å². The highest BCUT2D eigenvalue weighted by molar-refractivity contribution is 5.79. The lowest BCUT2D eigenvalue weighted by Crippen LogP contribution is -2.45. The van der Waals surface area contributed by atoms with E-state index in [1.54, 1.807) is 12.1 Å². The number of aromatic nitrogens is 1. The van der Waals surface area contributed by atoms with Crippen LogP contribution in [0.1, 0.15) is 23.7 Å². The zero-order valence-electron chi connectivity index (χ0n) is 11.1. The van der Waals surface area contributed by atoms with Crippen LogP contribution in [0.5, 0.6) is 5.75 Å². The van der Waals surface area contributed by atoms with Crippen molar-refractivity contribution in [2.24, 2.45) is 0 Å². The summed E-state index contributed by atoms with van der Waals surface area (Å²) >= 11 is 0. The van der Waals surface area contributed by atoms with Crippen LogP contribution in [0.25, 0.3) is 0 Å². The van der Waals surface area contributed by atoms with Gasteiger partial charge < -0.3 is 10.0 Å². The zero-order chi connectivity index (χ0) is 13.9. The van der Waals surface area contributed by atoms with Gasteiger partial charge in [-0.2, -0.15) is 0 Å². The highest BCUT2D eigenvalue weighted by atomic mass is 16.3. The number of likely N-dealkylation sites (tertiary alicyclic amines) is 1. The fraction of sp³-hybridized carbons (Fsp3) is 0.250. The second-order valence-electron chi connectivity index (χ2n) is 4.99. The molecule has 1 aromatic heterocycles. The van der Waals surface area contributed by atoms with E-state index in [9.17, 15) is 9.90 Å². The number of hydrogen-bond donors (Lipinski definition) is 1. The molecular formula is C16H16N2O2. The van der Waals surface area contributed by atoms with E-state index in [2.05, 4.69) is 17.1 Å². The second kappa shape index (κ2) is 5.33. The first-order valence-electron chi connectivity index (χ1n) is 6.72. The van der Waals surface area contributed by atoms with E-state index in [0.717, 1.165) is 13.0 Å². The van der Waals surface area contributed by atoms with Gasteiger partial charge >= 0.3 is 0 Å². The molecule has 1 N–H and O–H groups in total. The van der Waals surface area contributed by atoms with E-state index in [0.29, 0.717) is 5.69 Å². The number of carbonyl (C=O) groups is 1. The molecule has 2 aromatic rings. The van der Waals surface area contributed by atoms with Crippen molar-refractivity contribution in [3.8, 4) is 5.75 Å². The lowest BCUT2D eigenvalue weighted by molar-refractivity contribution is -0.138. The largest absolute Gasteiger partial charge is 0.506 e. The molecule has 1 aliphatic rings. The van der Waals surface area contributed by atoms with E-state index >= 15 is 0 Å². The van der Waals surface area contributed by atoms with Crippen LogP contribution in [0.2, 0.25) is 0 Å². The topological polar surface area (TPSA) is 53.4 Å². The molecule has 0 saturated carbocycles. The number of amides is 1. The molecule has 0 spiro atoms. The van der Waals surface area contributed by atoms with E-state index in [1.165, 1.54) is 11.8 Å². The lowest BCUT2D eigenvalue weighted by atomic mass is 9.94. The molecule has 1 unspecified atom stereocenters. The summed E-state index contributed by atoms with van der Waals surface area (Å²) in [4.78, 5) is 18.2. The van der Waals surface area contributed by atoms with Crippen molar-refractivity contribution in [3.63, 3.8) is 0 Å². The third-order valence-corrected chi connectivity index (χ3v) is 3.67. The van der Waals surface area contributed by atoms with Crippen LogP contribution in [0.15, 0.2) is 48.7 Å². The highest BCUT2D eigenvalue weighted by Gasteiger charge is 2.32. The van der Waals surface area contributed by atoms with Gasteiger partial charge in [0.05, 0.1) is 18.7 Å². The maximum Gasteiger partial charge on any atom is 0.229 e. The summed E-state index contributed by atoms with van der Waals surface area (Å²) in [5, 5.41) is 9.19. The van der Waals surface area contributed by atoms with Gasteiger partial charge in [0.25, 0.3) is 0 Å². The van der Waals surface area contributed by atoms with E-state index < -0.39 is 0 Å². The minimum atomic E-state index is 0.0864. The average molecular weight is 268 g/mol. The first-order valence-corrected chi connectivity index (χ1v) is 6.72. The molecule has 102 valence electrons. The van der Waals surface area contributed by atoms with E-state index in [-0.39, 0.29) is 24.1 Å². The summed E-state index contributed by atoms with van der Waals surface area (Å²) in [7, 11) is 0. The Morgan fingerprint density at radius 2 is 2.05 bits per heavy atom. The van der Waals surface area contributed by atoms with Crippen molar-refractivity contribution in [2.75, 3.05) is 6.54 Å². The molecule has 20 heavy (non-hydrogen) atoms. The monoisotopic (exact) mass is 268 g/mol. The van der Waals surface area contributed by atoms with Crippen LogP contribution in [0, 0.1) is 0 Å². The van der Waals surface area contributed by atoms with Crippen LogP contribution in [0.3, 0.4) is 0 Å². The predicted octanol–water partition coefficient (Wildman–Crippen LogP) is 2.30. The average Bonchev–Trinajstić information content (AvgIpc) is 2.41. The lowest BCUT2D eigenvalue weighted by Gasteiger charge is -2.41. The Bertz CT molecular complexity index is 596. The zero-order valence-corrected chi connectivity index (χ0v) is 11.1. The minimum Gasteiger partial charge on any atom is -0.506 e. The number of pyridine rings is 1. The third kappa shape index (κ3) is 2.50. The van der Waals surface area contributed by atoms with Gasteiger partial charge in [0.2, 0.25) is 5.91 Å². The van der Waals surface area contributed by atoms with Crippen LogP contribution < -0.4 is 0 Å². The van der Waals surface area contributed by atoms with Gasteiger partial charge in [0.1, 0.15) is 5.75 Å². The van der Waals surface area contributed by atoms with E-state index in [4.69, 9.17) is 0 Å². The van der Waals surface area contributed by atoms with Crippen LogP contribution >= 0.6 is 0 Å². The Morgan fingerprint density at radius 3 is 2.65 bits per heavy atom. The van der Waals surface area contributed by atoms with Crippen molar-refractivity contribution < 1.29 is 9.90 Å². The Balaban J connectivity index is 1.67. The maximum atomic E-state index is 12.3. The van der Waals surface area contributed by atoms with Crippen molar-refractivity contribution in [2.45, 2.75) is 18.9 Å². The molecule has 4 nitrogen and oxygen atoms in total. The third-order valence-electron chi connectivity index (χ3n) is 3.67. The standard InChI is InChI=1S/C16H16N2O2/c19-14-7-6-13(17-11-14)10-16(20)18-9-8-15(18)12-4-2-1-3-5-12/h1-7,11,15,19H,8-10H2. The summed E-state index contributed by atoms with van der Waals surface area (Å²) in [6.07, 6.45) is 2.66. The Hall–Kier alpha value is -2.36. The van der Waals surface area contributed by atoms with Gasteiger partial charge in [0.15, 0.2) is 0 Å². The molecule has 1 fully saturated rings.